The maximum absolute atomic E-state index is 13.3. The molecule has 140 valence electrons. The van der Waals surface area contributed by atoms with Crippen LogP contribution in [-0.4, -0.2) is 83.6 Å². The van der Waals surface area contributed by atoms with E-state index in [-0.39, 0.29) is 36.1 Å². The van der Waals surface area contributed by atoms with Crippen molar-refractivity contribution >= 4 is 26.6 Å². The highest BCUT2D eigenvalue weighted by Crippen LogP contribution is 2.30. The van der Waals surface area contributed by atoms with Gasteiger partial charge in [0, 0.05) is 49.8 Å². The number of carbonyl (C=O) groups excluding carboxylic acids is 1. The molecule has 0 aliphatic carbocycles. The zero-order chi connectivity index (χ0) is 18.5. The van der Waals surface area contributed by atoms with Crippen LogP contribution < -0.4 is 0 Å². The van der Waals surface area contributed by atoms with Crippen LogP contribution in [0.2, 0.25) is 0 Å². The van der Waals surface area contributed by atoms with Crippen LogP contribution in [-0.2, 0) is 16.9 Å². The van der Waals surface area contributed by atoms with Crippen LogP contribution in [0.5, 0.6) is 0 Å². The molecule has 3 heterocycles. The van der Waals surface area contributed by atoms with Crippen LogP contribution in [0.3, 0.4) is 0 Å². The van der Waals surface area contributed by atoms with E-state index in [9.17, 15) is 18.3 Å². The zero-order valence-electron chi connectivity index (χ0n) is 14.7. The third-order valence-electron chi connectivity index (χ3n) is 5.57. The van der Waals surface area contributed by atoms with Crippen molar-refractivity contribution in [1.29, 1.82) is 0 Å². The molecule has 7 nitrogen and oxygen atoms in total. The van der Waals surface area contributed by atoms with Gasteiger partial charge in [0.05, 0.1) is 29.7 Å². The predicted octanol–water partition coefficient (Wildman–Crippen LogP) is 0.0940. The number of carbonyl (C=O) groups is 1. The number of rotatable bonds is 3. The van der Waals surface area contributed by atoms with Gasteiger partial charge in [-0.3, -0.25) is 9.69 Å². The number of sulfone groups is 1. The molecule has 2 atom stereocenters. The number of amides is 1. The Morgan fingerprint density at radius 1 is 1.19 bits per heavy atom. The first-order chi connectivity index (χ1) is 12.4. The third-order valence-corrected chi connectivity index (χ3v) is 7.27. The topological polar surface area (TPSA) is 82.8 Å². The maximum Gasteiger partial charge on any atom is 0.256 e. The largest absolute Gasteiger partial charge is 0.395 e. The molecule has 4 rings (SSSR count). The van der Waals surface area contributed by atoms with Crippen molar-refractivity contribution in [3.05, 3.63) is 36.0 Å². The Balaban J connectivity index is 1.70. The minimum Gasteiger partial charge on any atom is -0.395 e. The molecule has 0 spiro atoms. The van der Waals surface area contributed by atoms with Gasteiger partial charge < -0.3 is 14.6 Å². The summed E-state index contributed by atoms with van der Waals surface area (Å²) in [4.78, 5) is 17.0. The van der Waals surface area contributed by atoms with Gasteiger partial charge in [0.15, 0.2) is 9.84 Å². The lowest BCUT2D eigenvalue weighted by molar-refractivity contribution is 0.0282. The van der Waals surface area contributed by atoms with E-state index in [1.165, 1.54) is 0 Å². The average molecular weight is 377 g/mol. The number of aliphatic hydroxyl groups excluding tert-OH is 1. The van der Waals surface area contributed by atoms with Crippen molar-refractivity contribution in [2.45, 2.75) is 12.1 Å². The molecule has 2 aromatic rings. The van der Waals surface area contributed by atoms with Gasteiger partial charge in [0.25, 0.3) is 5.91 Å². The normalized spacial score (nSPS) is 25.5. The number of hydrogen-bond donors (Lipinski definition) is 1. The number of piperazine rings is 1. The van der Waals surface area contributed by atoms with Crippen molar-refractivity contribution in [1.82, 2.24) is 14.4 Å². The third kappa shape index (κ3) is 2.82. The van der Waals surface area contributed by atoms with E-state index in [1.807, 2.05) is 47.0 Å². The first kappa shape index (κ1) is 17.5. The number of β-amino-alcohol motifs (C(OH)–C–C–N with tert-alkyl or cyclic N) is 1. The molecule has 2 aliphatic rings. The van der Waals surface area contributed by atoms with Crippen molar-refractivity contribution in [3.8, 4) is 0 Å². The molecule has 1 amide bonds. The second-order valence-corrected chi connectivity index (χ2v) is 9.29. The molecule has 1 N–H and O–H groups in total. The number of aliphatic hydroxyl groups is 1. The Labute approximate surface area is 152 Å². The van der Waals surface area contributed by atoms with Gasteiger partial charge in [-0.2, -0.15) is 0 Å². The van der Waals surface area contributed by atoms with Gasteiger partial charge in [-0.1, -0.05) is 18.2 Å². The van der Waals surface area contributed by atoms with Crippen LogP contribution in [0.15, 0.2) is 30.5 Å². The van der Waals surface area contributed by atoms with Gasteiger partial charge >= 0.3 is 0 Å². The predicted molar refractivity (Wildman–Crippen MR) is 98.8 cm³/mol. The van der Waals surface area contributed by atoms with Crippen LogP contribution >= 0.6 is 0 Å². The van der Waals surface area contributed by atoms with Crippen LogP contribution in [0, 0.1) is 0 Å². The second kappa shape index (κ2) is 6.37. The molecule has 1 aromatic heterocycles. The van der Waals surface area contributed by atoms with Gasteiger partial charge in [-0.25, -0.2) is 8.42 Å². The molecular weight excluding hydrogens is 354 g/mol. The van der Waals surface area contributed by atoms with E-state index in [1.54, 1.807) is 4.90 Å². The number of aryl methyl sites for hydroxylation is 1. The summed E-state index contributed by atoms with van der Waals surface area (Å²) in [5, 5.41) is 10.2. The molecule has 0 bridgehead atoms. The van der Waals surface area contributed by atoms with Gasteiger partial charge in [0.1, 0.15) is 0 Å². The number of fused-ring (bicyclic) bond motifs is 2. The lowest BCUT2D eigenvalue weighted by Gasteiger charge is -2.43. The summed E-state index contributed by atoms with van der Waals surface area (Å²) in [6, 6.07) is 7.14. The number of benzene rings is 1. The molecule has 2 fully saturated rings. The summed E-state index contributed by atoms with van der Waals surface area (Å²) in [5.74, 6) is -0.0647. The van der Waals surface area contributed by atoms with E-state index >= 15 is 0 Å². The molecule has 1 aromatic carbocycles. The summed E-state index contributed by atoms with van der Waals surface area (Å²) in [6.45, 7) is 1.47. The first-order valence-corrected chi connectivity index (χ1v) is 10.6. The summed E-state index contributed by atoms with van der Waals surface area (Å²) < 4.78 is 26.4. The fourth-order valence-corrected chi connectivity index (χ4v) is 6.36. The van der Waals surface area contributed by atoms with Crippen molar-refractivity contribution in [3.63, 3.8) is 0 Å². The van der Waals surface area contributed by atoms with Crippen molar-refractivity contribution in [2.24, 2.45) is 7.05 Å². The highest BCUT2D eigenvalue weighted by atomic mass is 32.2. The van der Waals surface area contributed by atoms with E-state index in [0.29, 0.717) is 25.2 Å². The van der Waals surface area contributed by atoms with E-state index < -0.39 is 9.84 Å². The van der Waals surface area contributed by atoms with Crippen molar-refractivity contribution < 1.29 is 18.3 Å². The number of aromatic nitrogens is 1. The molecule has 0 radical (unpaired) electrons. The minimum atomic E-state index is -3.19. The Morgan fingerprint density at radius 2 is 1.92 bits per heavy atom. The van der Waals surface area contributed by atoms with Gasteiger partial charge in [-0.15, -0.1) is 0 Å². The van der Waals surface area contributed by atoms with E-state index in [0.717, 1.165) is 10.9 Å². The Morgan fingerprint density at radius 3 is 2.69 bits per heavy atom. The summed E-state index contributed by atoms with van der Waals surface area (Å²) in [7, 11) is -1.28. The average Bonchev–Trinajstić information content (AvgIpc) is 3.12. The van der Waals surface area contributed by atoms with Crippen molar-refractivity contribution in [2.75, 3.05) is 37.7 Å². The zero-order valence-corrected chi connectivity index (χ0v) is 15.5. The fourth-order valence-electron chi connectivity index (χ4n) is 4.35. The summed E-state index contributed by atoms with van der Waals surface area (Å²) >= 11 is 0. The highest BCUT2D eigenvalue weighted by Gasteiger charge is 2.48. The molecule has 2 aliphatic heterocycles. The van der Waals surface area contributed by atoms with E-state index in [4.69, 9.17) is 0 Å². The molecular formula is C18H23N3O4S. The standard InChI is InChI=1S/C18H23N3O4S/c1-19-10-14(13-4-2-3-5-15(13)19)18(23)21-7-6-20(8-9-22)16-11-26(24,25)12-17(16)21/h2-5,10,16-17,22H,6-9,11-12H2,1H3/t16-,17+/m1/s1. The number of nitrogens with zero attached hydrogens (tertiary/aromatic N) is 3. The Hall–Kier alpha value is -1.90. The Bertz CT molecular complexity index is 952. The van der Waals surface area contributed by atoms with Crippen LogP contribution in [0.4, 0.5) is 0 Å². The maximum atomic E-state index is 13.3. The smallest absolute Gasteiger partial charge is 0.256 e. The summed E-state index contributed by atoms with van der Waals surface area (Å²) in [5.41, 5.74) is 1.59. The second-order valence-electron chi connectivity index (χ2n) is 7.14. The SMILES string of the molecule is Cn1cc(C(=O)N2CCN(CCO)[C@@H]3CS(=O)(=O)C[C@@H]32)c2ccccc21. The lowest BCUT2D eigenvalue weighted by Crippen LogP contribution is -2.61. The lowest BCUT2D eigenvalue weighted by atomic mass is 10.0. The summed E-state index contributed by atoms with van der Waals surface area (Å²) in [6.07, 6.45) is 1.82. The molecule has 0 saturated carbocycles. The monoisotopic (exact) mass is 377 g/mol. The van der Waals surface area contributed by atoms with Gasteiger partial charge in [-0.05, 0) is 6.07 Å². The molecule has 2 saturated heterocycles. The number of hydrogen-bond acceptors (Lipinski definition) is 5. The Kier molecular flexibility index (Phi) is 4.29. The first-order valence-electron chi connectivity index (χ1n) is 8.81. The van der Waals surface area contributed by atoms with E-state index in [2.05, 4.69) is 0 Å². The number of para-hydroxylation sites is 1. The molecule has 0 unspecified atom stereocenters. The van der Waals surface area contributed by atoms with Crippen LogP contribution in [0.25, 0.3) is 10.9 Å². The fraction of sp³-hybridized carbons (Fsp3) is 0.500. The van der Waals surface area contributed by atoms with Gasteiger partial charge in [0.2, 0.25) is 0 Å². The minimum absolute atomic E-state index is 0.00387. The molecule has 26 heavy (non-hydrogen) atoms. The highest BCUT2D eigenvalue weighted by molar-refractivity contribution is 7.91. The quantitative estimate of drug-likeness (QED) is 0.820. The van der Waals surface area contributed by atoms with Crippen LogP contribution in [0.1, 0.15) is 10.4 Å². The molecule has 8 heteroatoms.